The summed E-state index contributed by atoms with van der Waals surface area (Å²) >= 11 is 0. The third-order valence-corrected chi connectivity index (χ3v) is 2.38. The van der Waals surface area contributed by atoms with Gasteiger partial charge in [0.05, 0.1) is 5.69 Å². The summed E-state index contributed by atoms with van der Waals surface area (Å²) in [7, 11) is 0. The quantitative estimate of drug-likeness (QED) is 0.472. The van der Waals surface area contributed by atoms with Gasteiger partial charge in [-0.1, -0.05) is 23.8 Å². The average molecular weight is 263 g/mol. The predicted octanol–water partition coefficient (Wildman–Crippen LogP) is 1.79. The minimum atomic E-state index is -0.148. The molecule has 0 saturated heterocycles. The summed E-state index contributed by atoms with van der Waals surface area (Å²) in [5.74, 6) is -0.148. The number of benzene rings is 1. The number of hydrogen-bond acceptors (Lipinski definition) is 2. The molecule has 0 aliphatic rings. The zero-order valence-electron chi connectivity index (χ0n) is 10.1. The summed E-state index contributed by atoms with van der Waals surface area (Å²) in [5.41, 5.74) is 1.87. The van der Waals surface area contributed by atoms with Crippen molar-refractivity contribution in [2.24, 2.45) is 4.99 Å². The van der Waals surface area contributed by atoms with Crippen LogP contribution in [-0.4, -0.2) is 5.90 Å². The molecule has 0 unspecified atom stereocenters. The maximum absolute atomic E-state index is 11.7. The summed E-state index contributed by atoms with van der Waals surface area (Å²) in [6.07, 6.45) is 3.70. The number of halogens is 1. The van der Waals surface area contributed by atoms with Crippen LogP contribution in [0.5, 0.6) is 0 Å². The van der Waals surface area contributed by atoms with E-state index in [1.165, 1.54) is 0 Å². The highest BCUT2D eigenvalue weighted by Gasteiger charge is 1.97. The van der Waals surface area contributed by atoms with Crippen molar-refractivity contribution in [2.75, 3.05) is 0 Å². The second-order valence-corrected chi connectivity index (χ2v) is 3.89. The van der Waals surface area contributed by atoms with Gasteiger partial charge in [0.25, 0.3) is 0 Å². The highest BCUT2D eigenvalue weighted by molar-refractivity contribution is 5.85. The Kier molecular flexibility index (Phi) is 5.33. The number of aromatic nitrogens is 1. The Morgan fingerprint density at radius 2 is 1.72 bits per heavy atom. The van der Waals surface area contributed by atoms with Gasteiger partial charge in [-0.25, -0.2) is 4.57 Å². The van der Waals surface area contributed by atoms with Crippen molar-refractivity contribution in [1.82, 2.24) is 0 Å². The highest BCUT2D eigenvalue weighted by atomic mass is 35.5. The third-order valence-electron chi connectivity index (χ3n) is 2.38. The van der Waals surface area contributed by atoms with Crippen LogP contribution in [0.4, 0.5) is 5.69 Å². The Hall–Kier alpha value is -1.87. The molecule has 4 heteroatoms. The third kappa shape index (κ3) is 4.18. The van der Waals surface area contributed by atoms with Crippen molar-refractivity contribution in [1.29, 1.82) is 0 Å². The van der Waals surface area contributed by atoms with Crippen LogP contribution in [0.3, 0.4) is 0 Å². The Balaban J connectivity index is 0.00000162. The first kappa shape index (κ1) is 14.2. The van der Waals surface area contributed by atoms with Crippen molar-refractivity contribution in [2.45, 2.75) is 13.5 Å². The average Bonchev–Trinajstić information content (AvgIpc) is 2.33. The number of aryl methyl sites for hydroxylation is 1. The van der Waals surface area contributed by atoms with Crippen molar-refractivity contribution >= 4 is 24.0 Å². The van der Waals surface area contributed by atoms with Crippen LogP contribution in [0, 0.1) is 6.92 Å². The fourth-order valence-corrected chi connectivity index (χ4v) is 1.49. The zero-order chi connectivity index (χ0) is 12.1. The van der Waals surface area contributed by atoms with Gasteiger partial charge in [-0.05, 0) is 19.1 Å². The lowest BCUT2D eigenvalue weighted by molar-refractivity contribution is -0.687. The molecule has 0 aliphatic heterocycles. The van der Waals surface area contributed by atoms with E-state index in [4.69, 9.17) is 0 Å². The first-order chi connectivity index (χ1) is 8.24. The molecule has 94 valence electrons. The van der Waals surface area contributed by atoms with Crippen molar-refractivity contribution < 1.29 is 9.67 Å². The maximum atomic E-state index is 11.7. The van der Waals surface area contributed by atoms with Gasteiger partial charge in [-0.2, -0.15) is 0 Å². The van der Waals surface area contributed by atoms with Gasteiger partial charge < -0.3 is 5.11 Å². The van der Waals surface area contributed by atoms with Crippen molar-refractivity contribution in [3.05, 3.63) is 60.4 Å². The number of rotatable bonds is 3. The molecule has 0 fully saturated rings. The van der Waals surface area contributed by atoms with Crippen molar-refractivity contribution in [3.63, 3.8) is 0 Å². The molecule has 0 bridgehead atoms. The van der Waals surface area contributed by atoms with Crippen LogP contribution in [0.25, 0.3) is 0 Å². The van der Waals surface area contributed by atoms with Crippen LogP contribution < -0.4 is 9.67 Å². The Labute approximate surface area is 113 Å². The lowest BCUT2D eigenvalue weighted by Gasteiger charge is -2.06. The molecule has 1 aromatic carbocycles. The van der Waals surface area contributed by atoms with E-state index in [9.17, 15) is 5.11 Å². The molecule has 0 amide bonds. The van der Waals surface area contributed by atoms with Crippen LogP contribution in [-0.2, 0) is 6.54 Å². The minimum Gasteiger partial charge on any atom is -0.857 e. The number of nitrogens with zero attached hydrogens (tertiary/aromatic N) is 2. The minimum absolute atomic E-state index is 0. The first-order valence-electron chi connectivity index (χ1n) is 5.49. The molecular weight excluding hydrogens is 248 g/mol. The lowest BCUT2D eigenvalue weighted by Crippen LogP contribution is -2.41. The van der Waals surface area contributed by atoms with E-state index in [-0.39, 0.29) is 24.8 Å². The fourth-order valence-electron chi connectivity index (χ4n) is 1.49. The van der Waals surface area contributed by atoms with E-state index in [1.807, 2.05) is 61.8 Å². The Morgan fingerprint density at radius 3 is 2.33 bits per heavy atom. The lowest BCUT2D eigenvalue weighted by atomic mass is 10.2. The summed E-state index contributed by atoms with van der Waals surface area (Å²) < 4.78 is 1.81. The van der Waals surface area contributed by atoms with Crippen LogP contribution >= 0.6 is 12.4 Å². The molecule has 2 rings (SSSR count). The summed E-state index contributed by atoms with van der Waals surface area (Å²) in [6, 6.07) is 13.3. The zero-order valence-corrected chi connectivity index (χ0v) is 10.9. The van der Waals surface area contributed by atoms with Crippen molar-refractivity contribution in [3.8, 4) is 0 Å². The molecule has 0 radical (unpaired) electrons. The highest BCUT2D eigenvalue weighted by Crippen LogP contribution is 2.11. The van der Waals surface area contributed by atoms with Gasteiger partial charge in [0, 0.05) is 18.0 Å². The van der Waals surface area contributed by atoms with E-state index < -0.39 is 0 Å². The predicted molar refractivity (Wildman–Crippen MR) is 72.2 cm³/mol. The van der Waals surface area contributed by atoms with Crippen LogP contribution in [0.1, 0.15) is 5.56 Å². The molecular formula is C14H15ClN2O. The van der Waals surface area contributed by atoms with Crippen LogP contribution in [0.15, 0.2) is 59.9 Å². The maximum Gasteiger partial charge on any atom is 0.176 e. The number of hydrogen-bond donors (Lipinski definition) is 0. The second kappa shape index (κ2) is 6.77. The molecule has 0 atom stereocenters. The first-order valence-corrected chi connectivity index (χ1v) is 5.49. The normalized spacial score (nSPS) is 10.8. The molecule has 18 heavy (non-hydrogen) atoms. The monoisotopic (exact) mass is 262 g/mol. The van der Waals surface area contributed by atoms with Gasteiger partial charge >= 0.3 is 0 Å². The molecule has 1 aromatic heterocycles. The molecule has 2 aromatic rings. The summed E-state index contributed by atoms with van der Waals surface area (Å²) in [5, 5.41) is 11.7. The van der Waals surface area contributed by atoms with E-state index >= 15 is 0 Å². The Morgan fingerprint density at radius 1 is 1.11 bits per heavy atom. The topological polar surface area (TPSA) is 39.3 Å². The molecule has 1 heterocycles. The van der Waals surface area contributed by atoms with Gasteiger partial charge in [0.2, 0.25) is 0 Å². The number of aliphatic imine (C=N–C) groups is 1. The Bertz CT molecular complexity index is 509. The van der Waals surface area contributed by atoms with Gasteiger partial charge in [-0.3, -0.25) is 4.99 Å². The molecule has 0 aliphatic carbocycles. The summed E-state index contributed by atoms with van der Waals surface area (Å²) in [6.45, 7) is 2.28. The SMILES string of the molecule is Cc1ccc(N=C([O-])C[n+]2ccccc2)cc1.Cl. The molecule has 0 N–H and O–H groups in total. The molecule has 0 saturated carbocycles. The smallest absolute Gasteiger partial charge is 0.176 e. The van der Waals surface area contributed by atoms with Gasteiger partial charge in [0.15, 0.2) is 18.9 Å². The van der Waals surface area contributed by atoms with Gasteiger partial charge in [0.1, 0.15) is 0 Å². The summed E-state index contributed by atoms with van der Waals surface area (Å²) in [4.78, 5) is 4.04. The van der Waals surface area contributed by atoms with E-state index in [0.29, 0.717) is 5.69 Å². The largest absolute Gasteiger partial charge is 0.857 e. The van der Waals surface area contributed by atoms with Gasteiger partial charge in [-0.15, -0.1) is 12.4 Å². The van der Waals surface area contributed by atoms with Crippen LogP contribution in [0.2, 0.25) is 0 Å². The van der Waals surface area contributed by atoms with E-state index in [2.05, 4.69) is 4.99 Å². The molecule has 0 spiro atoms. The standard InChI is InChI=1S/C14H14N2O.ClH/c1-12-5-7-13(8-6-12)15-14(17)11-16-9-3-2-4-10-16;/h2-10H,11H2,1H3;1H. The van der Waals surface area contributed by atoms with E-state index in [0.717, 1.165) is 5.56 Å². The van der Waals surface area contributed by atoms with E-state index in [1.54, 1.807) is 4.57 Å². The fraction of sp³-hybridized carbons (Fsp3) is 0.143. The second-order valence-electron chi connectivity index (χ2n) is 3.89. The number of pyridine rings is 1. The molecule has 3 nitrogen and oxygen atoms in total.